The lowest BCUT2D eigenvalue weighted by molar-refractivity contribution is -0.102. The van der Waals surface area contributed by atoms with Crippen molar-refractivity contribution in [2.75, 3.05) is 0 Å². The topological polar surface area (TPSA) is 58.9 Å². The van der Waals surface area contributed by atoms with Crippen molar-refractivity contribution in [1.82, 2.24) is 0 Å². The van der Waals surface area contributed by atoms with Gasteiger partial charge in [-0.1, -0.05) is 35.5 Å². The summed E-state index contributed by atoms with van der Waals surface area (Å²) in [6.45, 7) is 0. The maximum absolute atomic E-state index is 10.7. The van der Waals surface area contributed by atoms with E-state index in [4.69, 9.17) is 9.94 Å². The summed E-state index contributed by atoms with van der Waals surface area (Å²) in [5.41, 5.74) is 0.467. The first-order valence-corrected chi connectivity index (χ1v) is 5.34. The van der Waals surface area contributed by atoms with E-state index in [1.54, 1.807) is 24.3 Å². The van der Waals surface area contributed by atoms with Gasteiger partial charge in [-0.25, -0.2) is 0 Å². The van der Waals surface area contributed by atoms with Crippen LogP contribution in [-0.4, -0.2) is 17.2 Å². The van der Waals surface area contributed by atoms with Gasteiger partial charge in [0.15, 0.2) is 6.29 Å². The zero-order chi connectivity index (χ0) is 12.8. The molecule has 0 bridgehead atoms. The van der Waals surface area contributed by atoms with Crippen molar-refractivity contribution in [3.8, 4) is 11.5 Å². The highest BCUT2D eigenvalue weighted by Crippen LogP contribution is 2.21. The predicted molar refractivity (Wildman–Crippen MR) is 67.3 cm³/mol. The second-order valence-corrected chi connectivity index (χ2v) is 3.55. The zero-order valence-corrected chi connectivity index (χ0v) is 9.48. The molecular formula is C14H11NO3. The standard InChI is InChI=1S/C14H11NO3/c16-10-14(15-17)11-5-4-8-13(9-11)18-12-6-2-1-3-7-12/h1-10,17H. The van der Waals surface area contributed by atoms with E-state index < -0.39 is 0 Å². The number of aldehydes is 1. The molecule has 0 heterocycles. The third-order valence-corrected chi connectivity index (χ3v) is 2.33. The van der Waals surface area contributed by atoms with Gasteiger partial charge in [0.25, 0.3) is 0 Å². The van der Waals surface area contributed by atoms with Gasteiger partial charge in [0.1, 0.15) is 17.2 Å². The average Bonchev–Trinajstić information content (AvgIpc) is 2.42. The van der Waals surface area contributed by atoms with E-state index in [1.165, 1.54) is 0 Å². The maximum Gasteiger partial charge on any atom is 0.172 e. The van der Waals surface area contributed by atoms with Crippen molar-refractivity contribution >= 4 is 12.0 Å². The number of hydrogen-bond acceptors (Lipinski definition) is 4. The molecule has 2 rings (SSSR count). The van der Waals surface area contributed by atoms with Crippen LogP contribution >= 0.6 is 0 Å². The molecule has 1 N–H and O–H groups in total. The van der Waals surface area contributed by atoms with Crippen molar-refractivity contribution in [2.24, 2.45) is 5.16 Å². The Hall–Kier alpha value is -2.62. The number of carbonyl (C=O) groups is 1. The van der Waals surface area contributed by atoms with E-state index in [0.29, 0.717) is 23.3 Å². The Bertz CT molecular complexity index is 564. The molecule has 0 unspecified atom stereocenters. The fraction of sp³-hybridized carbons (Fsp3) is 0. The zero-order valence-electron chi connectivity index (χ0n) is 9.48. The first-order chi connectivity index (χ1) is 8.83. The molecule has 0 amide bonds. The molecule has 4 heteroatoms. The first-order valence-electron chi connectivity index (χ1n) is 5.34. The molecule has 4 nitrogen and oxygen atoms in total. The molecule has 0 spiro atoms. The Labute approximate surface area is 104 Å². The van der Waals surface area contributed by atoms with Crippen molar-refractivity contribution in [1.29, 1.82) is 0 Å². The maximum atomic E-state index is 10.7. The molecule has 0 radical (unpaired) electrons. The molecule has 0 aliphatic heterocycles. The fourth-order valence-electron chi connectivity index (χ4n) is 1.49. The van der Waals surface area contributed by atoms with Gasteiger partial charge in [-0.3, -0.25) is 4.79 Å². The van der Waals surface area contributed by atoms with E-state index >= 15 is 0 Å². The van der Waals surface area contributed by atoms with Crippen LogP contribution < -0.4 is 4.74 Å². The Morgan fingerprint density at radius 3 is 2.44 bits per heavy atom. The van der Waals surface area contributed by atoms with Gasteiger partial charge in [-0.05, 0) is 24.3 Å². The summed E-state index contributed by atoms with van der Waals surface area (Å²) in [7, 11) is 0. The molecule has 2 aromatic rings. The molecule has 18 heavy (non-hydrogen) atoms. The van der Waals surface area contributed by atoms with Crippen molar-refractivity contribution < 1.29 is 14.7 Å². The minimum atomic E-state index is -0.0338. The predicted octanol–water partition coefficient (Wildman–Crippen LogP) is 2.86. The normalized spacial score (nSPS) is 11.0. The summed E-state index contributed by atoms with van der Waals surface area (Å²) in [6, 6.07) is 16.1. The van der Waals surface area contributed by atoms with Crippen LogP contribution in [0.5, 0.6) is 11.5 Å². The van der Waals surface area contributed by atoms with Gasteiger partial charge in [0.05, 0.1) is 0 Å². The van der Waals surface area contributed by atoms with E-state index in [-0.39, 0.29) is 5.71 Å². The van der Waals surface area contributed by atoms with Gasteiger partial charge in [-0.2, -0.15) is 0 Å². The number of nitrogens with zero attached hydrogens (tertiary/aromatic N) is 1. The Kier molecular flexibility index (Phi) is 3.71. The molecule has 90 valence electrons. The van der Waals surface area contributed by atoms with Crippen LogP contribution in [0.2, 0.25) is 0 Å². The summed E-state index contributed by atoms with van der Waals surface area (Å²) in [5.74, 6) is 1.27. The summed E-state index contributed by atoms with van der Waals surface area (Å²) in [5, 5.41) is 11.6. The lowest BCUT2D eigenvalue weighted by Crippen LogP contribution is -2.02. The number of oxime groups is 1. The third-order valence-electron chi connectivity index (χ3n) is 2.33. The fourth-order valence-corrected chi connectivity index (χ4v) is 1.49. The summed E-state index contributed by atoms with van der Waals surface area (Å²) in [6.07, 6.45) is 0.488. The van der Waals surface area contributed by atoms with E-state index in [9.17, 15) is 4.79 Å². The second-order valence-electron chi connectivity index (χ2n) is 3.55. The van der Waals surface area contributed by atoms with Gasteiger partial charge >= 0.3 is 0 Å². The van der Waals surface area contributed by atoms with Crippen LogP contribution in [0.1, 0.15) is 5.56 Å². The van der Waals surface area contributed by atoms with Crippen LogP contribution in [0, 0.1) is 0 Å². The van der Waals surface area contributed by atoms with Crippen LogP contribution in [0.3, 0.4) is 0 Å². The highest BCUT2D eigenvalue weighted by molar-refractivity contribution is 6.36. The molecule has 0 saturated heterocycles. The van der Waals surface area contributed by atoms with Gasteiger partial charge in [-0.15, -0.1) is 0 Å². The van der Waals surface area contributed by atoms with Crippen LogP contribution in [0.25, 0.3) is 0 Å². The molecule has 0 aliphatic carbocycles. The summed E-state index contributed by atoms with van der Waals surface area (Å²) < 4.78 is 5.61. The van der Waals surface area contributed by atoms with Crippen molar-refractivity contribution in [3.05, 3.63) is 60.2 Å². The highest BCUT2D eigenvalue weighted by Gasteiger charge is 2.04. The summed E-state index contributed by atoms with van der Waals surface area (Å²) in [4.78, 5) is 10.7. The van der Waals surface area contributed by atoms with Crippen LogP contribution in [0.15, 0.2) is 59.8 Å². The number of hydrogen-bond donors (Lipinski definition) is 1. The highest BCUT2D eigenvalue weighted by atomic mass is 16.5. The van der Waals surface area contributed by atoms with Crippen molar-refractivity contribution in [3.63, 3.8) is 0 Å². The van der Waals surface area contributed by atoms with E-state index in [0.717, 1.165) is 0 Å². The number of rotatable bonds is 4. The van der Waals surface area contributed by atoms with Crippen LogP contribution in [-0.2, 0) is 4.79 Å². The smallest absolute Gasteiger partial charge is 0.172 e. The minimum Gasteiger partial charge on any atom is -0.457 e. The van der Waals surface area contributed by atoms with Gasteiger partial charge in [0, 0.05) is 5.56 Å². The molecular weight excluding hydrogens is 230 g/mol. The molecule has 0 aliphatic rings. The SMILES string of the molecule is O=CC(=NO)c1cccc(Oc2ccccc2)c1. The second kappa shape index (κ2) is 5.63. The Morgan fingerprint density at radius 1 is 1.06 bits per heavy atom. The average molecular weight is 241 g/mol. The first kappa shape index (κ1) is 11.9. The molecule has 0 saturated carbocycles. The summed E-state index contributed by atoms with van der Waals surface area (Å²) >= 11 is 0. The lowest BCUT2D eigenvalue weighted by atomic mass is 10.1. The molecule has 2 aromatic carbocycles. The lowest BCUT2D eigenvalue weighted by Gasteiger charge is -2.06. The Morgan fingerprint density at radius 2 is 1.78 bits per heavy atom. The van der Waals surface area contributed by atoms with E-state index in [1.807, 2.05) is 30.3 Å². The largest absolute Gasteiger partial charge is 0.457 e. The monoisotopic (exact) mass is 241 g/mol. The number of ether oxygens (including phenoxy) is 1. The quantitative estimate of drug-likeness (QED) is 0.387. The van der Waals surface area contributed by atoms with E-state index in [2.05, 4.69) is 5.16 Å². The van der Waals surface area contributed by atoms with Gasteiger partial charge in [0.2, 0.25) is 0 Å². The third kappa shape index (κ3) is 2.74. The number of benzene rings is 2. The molecule has 0 aromatic heterocycles. The van der Waals surface area contributed by atoms with Crippen LogP contribution in [0.4, 0.5) is 0 Å². The number of carbonyl (C=O) groups excluding carboxylic acids is 1. The molecule has 0 fully saturated rings. The minimum absolute atomic E-state index is 0.0338. The molecule has 0 atom stereocenters. The van der Waals surface area contributed by atoms with Gasteiger partial charge < -0.3 is 9.94 Å². The Balaban J connectivity index is 2.25. The van der Waals surface area contributed by atoms with Crippen molar-refractivity contribution in [2.45, 2.75) is 0 Å². The number of para-hydroxylation sites is 1.